The Morgan fingerprint density at radius 1 is 1.16 bits per heavy atom. The van der Waals surface area contributed by atoms with Crippen molar-refractivity contribution in [2.24, 2.45) is 11.8 Å². The summed E-state index contributed by atoms with van der Waals surface area (Å²) in [5.41, 5.74) is 2.07. The van der Waals surface area contributed by atoms with E-state index in [4.69, 9.17) is 9.47 Å². The van der Waals surface area contributed by atoms with Gasteiger partial charge in [-0.15, -0.1) is 22.7 Å². The zero-order valence-corrected chi connectivity index (χ0v) is 23.1. The number of benzene rings is 1. The highest BCUT2D eigenvalue weighted by atomic mass is 32.1. The normalized spacial score (nSPS) is 20.6. The van der Waals surface area contributed by atoms with E-state index < -0.39 is 6.09 Å². The van der Waals surface area contributed by atoms with Gasteiger partial charge in [-0.05, 0) is 68.4 Å². The number of carbonyl (C=O) groups is 2. The lowest BCUT2D eigenvalue weighted by Crippen LogP contribution is -2.46. The van der Waals surface area contributed by atoms with Crippen molar-refractivity contribution in [3.8, 4) is 22.1 Å². The van der Waals surface area contributed by atoms with Crippen LogP contribution in [0.4, 0.5) is 4.79 Å². The highest BCUT2D eigenvalue weighted by molar-refractivity contribution is 7.15. The molecule has 1 aromatic carbocycles. The lowest BCUT2D eigenvalue weighted by Gasteiger charge is -2.28. The fourth-order valence-corrected chi connectivity index (χ4v) is 7.53. The average molecular weight is 552 g/mol. The number of rotatable bonds is 6. The van der Waals surface area contributed by atoms with Gasteiger partial charge >= 0.3 is 6.09 Å². The number of ether oxygens (including phenoxy) is 2. The molecule has 0 bridgehead atoms. The predicted molar refractivity (Wildman–Crippen MR) is 146 cm³/mol. The maximum atomic E-state index is 14.0. The number of nitrogens with one attached hydrogen (secondary N) is 1. The van der Waals surface area contributed by atoms with Crippen molar-refractivity contribution in [1.29, 1.82) is 0 Å². The lowest BCUT2D eigenvalue weighted by molar-refractivity contribution is 0.0706. The summed E-state index contributed by atoms with van der Waals surface area (Å²) in [6.45, 7) is 4.75. The van der Waals surface area contributed by atoms with Crippen molar-refractivity contribution in [3.63, 3.8) is 0 Å². The minimum Gasteiger partial charge on any atom is -0.497 e. The maximum Gasteiger partial charge on any atom is 0.414 e. The first-order valence-electron chi connectivity index (χ1n) is 12.7. The Bertz CT molecular complexity index is 1490. The van der Waals surface area contributed by atoms with Crippen LogP contribution in [-0.4, -0.2) is 57.5 Å². The molecule has 6 rings (SSSR count). The van der Waals surface area contributed by atoms with E-state index in [1.807, 2.05) is 54.6 Å². The van der Waals surface area contributed by atoms with E-state index in [9.17, 15) is 9.59 Å². The Balaban J connectivity index is 1.21. The van der Waals surface area contributed by atoms with Crippen LogP contribution in [0.5, 0.6) is 11.6 Å². The third-order valence-electron chi connectivity index (χ3n) is 7.62. The van der Waals surface area contributed by atoms with Crippen molar-refractivity contribution in [3.05, 3.63) is 52.2 Å². The molecule has 4 heterocycles. The Kier molecular flexibility index (Phi) is 6.56. The van der Waals surface area contributed by atoms with Gasteiger partial charge in [0, 0.05) is 24.7 Å². The van der Waals surface area contributed by atoms with Crippen LogP contribution < -0.4 is 14.8 Å². The number of imidazole rings is 1. The van der Waals surface area contributed by atoms with E-state index in [2.05, 4.69) is 15.3 Å². The van der Waals surface area contributed by atoms with Crippen LogP contribution in [0.2, 0.25) is 0 Å². The van der Waals surface area contributed by atoms with Gasteiger partial charge in [0.2, 0.25) is 5.88 Å². The minimum absolute atomic E-state index is 0.0821. The molecule has 2 fully saturated rings. The first-order valence-corrected chi connectivity index (χ1v) is 14.4. The Morgan fingerprint density at radius 2 is 1.97 bits per heavy atom. The standard InChI is InChI=1S/C27H29N5O4S2/c1-15-25(31-11-12-37-26(31)29-15)36-27(34)28-13-21-20-6-4-5-18(20)14-32(21)24(33)22-23(38-16(2)30-22)17-7-9-19(35-3)10-8-17/h7-12,18,20-21H,4-6,13-14H2,1-3H3,(H,28,34)/t18-,20-,21+/m0/s1. The number of likely N-dealkylation sites (tertiary alicyclic amines) is 1. The van der Waals surface area contributed by atoms with Gasteiger partial charge in [-0.3, -0.25) is 9.20 Å². The molecule has 198 valence electrons. The number of methoxy groups -OCH3 is 1. The van der Waals surface area contributed by atoms with Gasteiger partial charge in [0.25, 0.3) is 5.91 Å². The molecule has 1 saturated carbocycles. The molecule has 1 N–H and O–H groups in total. The van der Waals surface area contributed by atoms with Crippen molar-refractivity contribution >= 4 is 39.6 Å². The second kappa shape index (κ2) is 10.0. The third-order valence-corrected chi connectivity index (χ3v) is 9.40. The smallest absolute Gasteiger partial charge is 0.414 e. The number of fused-ring (bicyclic) bond motifs is 2. The van der Waals surface area contributed by atoms with Crippen LogP contribution in [0, 0.1) is 25.7 Å². The largest absolute Gasteiger partial charge is 0.497 e. The van der Waals surface area contributed by atoms with Crippen LogP contribution >= 0.6 is 22.7 Å². The zero-order valence-electron chi connectivity index (χ0n) is 21.5. The summed E-state index contributed by atoms with van der Waals surface area (Å²) in [5.74, 6) is 1.89. The fraction of sp³-hybridized carbons (Fsp3) is 0.407. The SMILES string of the molecule is COc1ccc(-c2sc(C)nc2C(=O)N2C[C@@H]3CCC[C@@H]3[C@H]2CNC(=O)Oc2c(C)nc3sccn23)cc1. The van der Waals surface area contributed by atoms with Crippen molar-refractivity contribution in [2.45, 2.75) is 39.2 Å². The lowest BCUT2D eigenvalue weighted by atomic mass is 9.94. The second-order valence-electron chi connectivity index (χ2n) is 9.85. The monoisotopic (exact) mass is 551 g/mol. The number of nitrogens with zero attached hydrogens (tertiary/aromatic N) is 4. The molecule has 1 aliphatic heterocycles. The highest BCUT2D eigenvalue weighted by Gasteiger charge is 2.47. The summed E-state index contributed by atoms with van der Waals surface area (Å²) in [7, 11) is 1.63. The molecule has 0 radical (unpaired) electrons. The van der Waals surface area contributed by atoms with Gasteiger partial charge in [0.05, 0.1) is 23.0 Å². The summed E-state index contributed by atoms with van der Waals surface area (Å²) in [5, 5.41) is 5.67. The highest BCUT2D eigenvalue weighted by Crippen LogP contribution is 2.43. The van der Waals surface area contributed by atoms with Gasteiger partial charge in [0.1, 0.15) is 17.1 Å². The van der Waals surface area contributed by atoms with Crippen molar-refractivity contribution < 1.29 is 19.1 Å². The van der Waals surface area contributed by atoms with Crippen LogP contribution in [0.1, 0.15) is 40.5 Å². The molecule has 38 heavy (non-hydrogen) atoms. The molecule has 2 aliphatic rings. The van der Waals surface area contributed by atoms with E-state index in [1.165, 1.54) is 22.7 Å². The van der Waals surface area contributed by atoms with E-state index >= 15 is 0 Å². The van der Waals surface area contributed by atoms with Crippen LogP contribution in [0.3, 0.4) is 0 Å². The Morgan fingerprint density at radius 3 is 2.76 bits per heavy atom. The number of amides is 2. The number of thiazole rings is 2. The molecular weight excluding hydrogens is 522 g/mol. The Labute approximate surface area is 228 Å². The first kappa shape index (κ1) is 24.9. The van der Waals surface area contributed by atoms with Gasteiger partial charge < -0.3 is 19.7 Å². The second-order valence-corrected chi connectivity index (χ2v) is 11.9. The van der Waals surface area contributed by atoms with Gasteiger partial charge in [-0.2, -0.15) is 0 Å². The number of aryl methyl sites for hydroxylation is 2. The van der Waals surface area contributed by atoms with E-state index in [-0.39, 0.29) is 11.9 Å². The summed E-state index contributed by atoms with van der Waals surface area (Å²) in [6.07, 6.45) is 4.59. The molecule has 3 aromatic heterocycles. The number of hydrogen-bond acceptors (Lipinski definition) is 8. The molecule has 9 nitrogen and oxygen atoms in total. The number of aromatic nitrogens is 3. The predicted octanol–water partition coefficient (Wildman–Crippen LogP) is 5.17. The van der Waals surface area contributed by atoms with E-state index in [0.29, 0.717) is 42.2 Å². The quantitative estimate of drug-likeness (QED) is 0.355. The van der Waals surface area contributed by atoms with E-state index in [0.717, 1.165) is 45.4 Å². The average Bonchev–Trinajstić information content (AvgIpc) is 3.72. The molecule has 2 amide bonds. The van der Waals surface area contributed by atoms with Crippen LogP contribution in [0.25, 0.3) is 15.4 Å². The summed E-state index contributed by atoms with van der Waals surface area (Å²) in [4.78, 5) is 39.4. The topological polar surface area (TPSA) is 98.1 Å². The molecule has 11 heteroatoms. The summed E-state index contributed by atoms with van der Waals surface area (Å²) >= 11 is 3.00. The first-order chi connectivity index (χ1) is 18.4. The molecule has 4 aromatic rings. The molecule has 1 saturated heterocycles. The van der Waals surface area contributed by atoms with Gasteiger partial charge in [-0.25, -0.2) is 14.8 Å². The molecular formula is C27H29N5O4S2. The molecule has 0 spiro atoms. The minimum atomic E-state index is -0.543. The molecule has 0 unspecified atom stereocenters. The number of carbonyl (C=O) groups excluding carboxylic acids is 2. The van der Waals surface area contributed by atoms with Crippen LogP contribution in [-0.2, 0) is 0 Å². The van der Waals surface area contributed by atoms with E-state index in [1.54, 1.807) is 11.5 Å². The summed E-state index contributed by atoms with van der Waals surface area (Å²) < 4.78 is 12.7. The third kappa shape index (κ3) is 4.43. The molecule has 3 atom stereocenters. The van der Waals surface area contributed by atoms with Crippen LogP contribution in [0.15, 0.2) is 35.8 Å². The molecule has 1 aliphatic carbocycles. The van der Waals surface area contributed by atoms with Gasteiger partial charge in [-0.1, -0.05) is 6.42 Å². The van der Waals surface area contributed by atoms with Crippen molar-refractivity contribution in [2.75, 3.05) is 20.2 Å². The Hall–Kier alpha value is -3.44. The van der Waals surface area contributed by atoms with Gasteiger partial charge in [0.15, 0.2) is 4.96 Å². The number of hydrogen-bond donors (Lipinski definition) is 1. The summed E-state index contributed by atoms with van der Waals surface area (Å²) in [6, 6.07) is 7.59. The zero-order chi connectivity index (χ0) is 26.4. The maximum absolute atomic E-state index is 14.0. The van der Waals surface area contributed by atoms with Crippen molar-refractivity contribution in [1.82, 2.24) is 24.6 Å². The fourth-order valence-electron chi connectivity index (χ4n) is 5.87.